The quantitative estimate of drug-likeness (QED) is 0.754. The third-order valence-electron chi connectivity index (χ3n) is 3.54. The molecule has 2 unspecified atom stereocenters. The number of piperidine rings is 1. The van der Waals surface area contributed by atoms with Crippen molar-refractivity contribution in [3.8, 4) is 0 Å². The van der Waals surface area contributed by atoms with Gasteiger partial charge in [-0.2, -0.15) is 0 Å². The maximum atomic E-state index is 12.3. The van der Waals surface area contributed by atoms with E-state index in [9.17, 15) is 4.79 Å². The van der Waals surface area contributed by atoms with Gasteiger partial charge in [-0.3, -0.25) is 4.79 Å². The zero-order chi connectivity index (χ0) is 11.6. The molecular formula is C12H24N2O. The molecule has 1 rings (SSSR count). The zero-order valence-electron chi connectivity index (χ0n) is 10.6. The monoisotopic (exact) mass is 212 g/mol. The van der Waals surface area contributed by atoms with Crippen LogP contribution in [0, 0.1) is 5.92 Å². The molecule has 0 spiro atoms. The molecule has 1 heterocycles. The fourth-order valence-corrected chi connectivity index (χ4v) is 2.04. The molecular weight excluding hydrogens is 188 g/mol. The number of rotatable bonds is 2. The van der Waals surface area contributed by atoms with Gasteiger partial charge in [0.25, 0.3) is 0 Å². The van der Waals surface area contributed by atoms with Crippen LogP contribution < -0.4 is 5.32 Å². The summed E-state index contributed by atoms with van der Waals surface area (Å²) in [4.78, 5) is 14.3. The molecule has 88 valence electrons. The van der Waals surface area contributed by atoms with E-state index in [1.54, 1.807) is 0 Å². The second kappa shape index (κ2) is 4.52. The maximum Gasteiger partial charge on any atom is 0.242 e. The van der Waals surface area contributed by atoms with E-state index >= 15 is 0 Å². The van der Waals surface area contributed by atoms with Crippen molar-refractivity contribution in [2.24, 2.45) is 5.92 Å². The van der Waals surface area contributed by atoms with Crippen LogP contribution in [0.1, 0.15) is 40.5 Å². The number of likely N-dealkylation sites (tertiary alicyclic amines) is 1. The Labute approximate surface area is 93.2 Å². The summed E-state index contributed by atoms with van der Waals surface area (Å²) < 4.78 is 0. The summed E-state index contributed by atoms with van der Waals surface area (Å²) in [7, 11) is 1.84. The van der Waals surface area contributed by atoms with Crippen molar-refractivity contribution in [3.05, 3.63) is 0 Å². The van der Waals surface area contributed by atoms with E-state index in [2.05, 4.69) is 19.2 Å². The van der Waals surface area contributed by atoms with Crippen LogP contribution in [0.25, 0.3) is 0 Å². The number of nitrogens with one attached hydrogen (secondary N) is 1. The molecule has 3 heteroatoms. The molecule has 1 aliphatic heterocycles. The van der Waals surface area contributed by atoms with Crippen molar-refractivity contribution in [2.45, 2.75) is 52.1 Å². The Kier molecular flexibility index (Phi) is 3.77. The van der Waals surface area contributed by atoms with E-state index in [4.69, 9.17) is 0 Å². The first kappa shape index (κ1) is 12.5. The summed E-state index contributed by atoms with van der Waals surface area (Å²) >= 11 is 0. The van der Waals surface area contributed by atoms with Gasteiger partial charge in [0.1, 0.15) is 0 Å². The average molecular weight is 212 g/mol. The number of amides is 1. The van der Waals surface area contributed by atoms with Gasteiger partial charge in [0.2, 0.25) is 5.91 Å². The van der Waals surface area contributed by atoms with Crippen LogP contribution in [-0.4, -0.2) is 36.0 Å². The van der Waals surface area contributed by atoms with Gasteiger partial charge in [-0.1, -0.05) is 6.92 Å². The Morgan fingerprint density at radius 1 is 1.33 bits per heavy atom. The maximum absolute atomic E-state index is 12.3. The highest BCUT2D eigenvalue weighted by Gasteiger charge is 2.35. The second-order valence-corrected chi connectivity index (χ2v) is 5.36. The molecule has 0 aromatic carbocycles. The van der Waals surface area contributed by atoms with Crippen molar-refractivity contribution < 1.29 is 4.79 Å². The third-order valence-corrected chi connectivity index (χ3v) is 3.54. The second-order valence-electron chi connectivity index (χ2n) is 5.36. The van der Waals surface area contributed by atoms with Crippen LogP contribution >= 0.6 is 0 Å². The van der Waals surface area contributed by atoms with Gasteiger partial charge in [-0.05, 0) is 46.6 Å². The Morgan fingerprint density at radius 2 is 1.93 bits per heavy atom. The van der Waals surface area contributed by atoms with Crippen molar-refractivity contribution in [1.29, 1.82) is 0 Å². The van der Waals surface area contributed by atoms with Gasteiger partial charge in [0.05, 0.1) is 5.54 Å². The molecule has 1 N–H and O–H groups in total. The van der Waals surface area contributed by atoms with Crippen molar-refractivity contribution in [2.75, 3.05) is 13.6 Å². The molecule has 0 bridgehead atoms. The van der Waals surface area contributed by atoms with Crippen LogP contribution in [0.2, 0.25) is 0 Å². The minimum atomic E-state index is -0.439. The van der Waals surface area contributed by atoms with Gasteiger partial charge in [0, 0.05) is 12.6 Å². The molecule has 1 fully saturated rings. The number of hydrogen-bond acceptors (Lipinski definition) is 2. The van der Waals surface area contributed by atoms with Crippen LogP contribution in [0.5, 0.6) is 0 Å². The highest BCUT2D eigenvalue weighted by Crippen LogP contribution is 2.23. The van der Waals surface area contributed by atoms with Gasteiger partial charge < -0.3 is 10.2 Å². The topological polar surface area (TPSA) is 32.3 Å². The molecule has 1 saturated heterocycles. The van der Waals surface area contributed by atoms with E-state index in [1.807, 2.05) is 25.8 Å². The van der Waals surface area contributed by atoms with E-state index < -0.39 is 5.54 Å². The van der Waals surface area contributed by atoms with Gasteiger partial charge >= 0.3 is 0 Å². The lowest BCUT2D eigenvalue weighted by Gasteiger charge is -2.41. The first-order chi connectivity index (χ1) is 6.88. The molecule has 0 aromatic rings. The van der Waals surface area contributed by atoms with Crippen LogP contribution in [0.15, 0.2) is 0 Å². The fourth-order valence-electron chi connectivity index (χ4n) is 2.04. The minimum Gasteiger partial charge on any atom is -0.338 e. The number of nitrogens with zero attached hydrogens (tertiary/aromatic N) is 1. The van der Waals surface area contributed by atoms with Crippen molar-refractivity contribution >= 4 is 5.91 Å². The number of carbonyl (C=O) groups is 1. The fraction of sp³-hybridized carbons (Fsp3) is 0.917. The third kappa shape index (κ3) is 2.71. The molecule has 0 aliphatic carbocycles. The molecule has 0 radical (unpaired) electrons. The molecule has 2 atom stereocenters. The Morgan fingerprint density at radius 3 is 2.47 bits per heavy atom. The number of likely N-dealkylation sites (N-methyl/N-ethyl adjacent to an activating group) is 1. The molecule has 0 saturated carbocycles. The highest BCUT2D eigenvalue weighted by atomic mass is 16.2. The lowest BCUT2D eigenvalue weighted by atomic mass is 9.92. The normalized spacial score (nSPS) is 27.9. The first-order valence-corrected chi connectivity index (χ1v) is 5.88. The largest absolute Gasteiger partial charge is 0.338 e. The molecule has 15 heavy (non-hydrogen) atoms. The minimum absolute atomic E-state index is 0.226. The Bertz CT molecular complexity index is 238. The van der Waals surface area contributed by atoms with Crippen LogP contribution in [0.4, 0.5) is 0 Å². The molecule has 3 nitrogen and oxygen atoms in total. The Hall–Kier alpha value is -0.570. The highest BCUT2D eigenvalue weighted by molar-refractivity contribution is 5.85. The average Bonchev–Trinajstić information content (AvgIpc) is 2.20. The molecule has 0 aromatic heterocycles. The lowest BCUT2D eigenvalue weighted by molar-refractivity contribution is -0.141. The predicted molar refractivity (Wildman–Crippen MR) is 62.7 cm³/mol. The SMILES string of the molecule is CNC(C)(C)C(=O)N1CC(C)CCC1C. The predicted octanol–water partition coefficient (Wildman–Crippen LogP) is 1.63. The van der Waals surface area contributed by atoms with Gasteiger partial charge in [-0.15, -0.1) is 0 Å². The summed E-state index contributed by atoms with van der Waals surface area (Å²) in [6.07, 6.45) is 2.37. The van der Waals surface area contributed by atoms with E-state index in [0.29, 0.717) is 12.0 Å². The molecule has 1 aliphatic rings. The standard InChI is InChI=1S/C12H24N2O/c1-9-6-7-10(2)14(8-9)11(15)12(3,4)13-5/h9-10,13H,6-8H2,1-5H3. The first-order valence-electron chi connectivity index (χ1n) is 5.88. The number of carbonyl (C=O) groups excluding carboxylic acids is 1. The lowest BCUT2D eigenvalue weighted by Crippen LogP contribution is -2.57. The smallest absolute Gasteiger partial charge is 0.242 e. The zero-order valence-corrected chi connectivity index (χ0v) is 10.6. The van der Waals surface area contributed by atoms with E-state index in [1.165, 1.54) is 6.42 Å². The summed E-state index contributed by atoms with van der Waals surface area (Å²) in [5, 5.41) is 3.08. The summed E-state index contributed by atoms with van der Waals surface area (Å²) in [6.45, 7) is 9.17. The van der Waals surface area contributed by atoms with Crippen molar-refractivity contribution in [1.82, 2.24) is 10.2 Å². The molecule has 1 amide bonds. The summed E-state index contributed by atoms with van der Waals surface area (Å²) in [6, 6.07) is 0.390. The van der Waals surface area contributed by atoms with Gasteiger partial charge in [-0.25, -0.2) is 0 Å². The van der Waals surface area contributed by atoms with Crippen molar-refractivity contribution in [3.63, 3.8) is 0 Å². The number of hydrogen-bond donors (Lipinski definition) is 1. The van der Waals surface area contributed by atoms with Gasteiger partial charge in [0.15, 0.2) is 0 Å². The summed E-state index contributed by atoms with van der Waals surface area (Å²) in [5.74, 6) is 0.863. The summed E-state index contributed by atoms with van der Waals surface area (Å²) in [5.41, 5.74) is -0.439. The van der Waals surface area contributed by atoms with Crippen LogP contribution in [0.3, 0.4) is 0 Å². The van der Waals surface area contributed by atoms with E-state index in [-0.39, 0.29) is 5.91 Å². The van der Waals surface area contributed by atoms with Crippen LogP contribution in [-0.2, 0) is 4.79 Å². The Balaban J connectivity index is 2.73. The van der Waals surface area contributed by atoms with E-state index in [0.717, 1.165) is 13.0 Å².